The molecule has 1 amide bonds. The highest BCUT2D eigenvalue weighted by atomic mass is 35.5. The van der Waals surface area contributed by atoms with Gasteiger partial charge in [-0.3, -0.25) is 9.48 Å². The smallest absolute Gasteiger partial charge is 0.244 e. The molecule has 1 saturated heterocycles. The number of nitrogens with one attached hydrogen (secondary N) is 1. The summed E-state index contributed by atoms with van der Waals surface area (Å²) in [5, 5.41) is 17.1. The molecule has 6 nitrogen and oxygen atoms in total. The Labute approximate surface area is 164 Å². The third-order valence-corrected chi connectivity index (χ3v) is 5.60. The molecule has 2 aromatic heterocycles. The molecule has 0 aliphatic carbocycles. The van der Waals surface area contributed by atoms with E-state index in [9.17, 15) is 9.90 Å². The van der Waals surface area contributed by atoms with Gasteiger partial charge < -0.3 is 15.3 Å². The van der Waals surface area contributed by atoms with Gasteiger partial charge in [0.1, 0.15) is 6.54 Å². The largest absolute Gasteiger partial charge is 0.395 e. The number of thiophene rings is 1. The molecule has 144 valence electrons. The number of aryl methyl sites for hydroxylation is 1. The number of carbonyl (C=O) groups excluding carboxylic acids is 1. The Morgan fingerprint density at radius 2 is 2.31 bits per heavy atom. The van der Waals surface area contributed by atoms with E-state index in [1.54, 1.807) is 22.4 Å². The fourth-order valence-corrected chi connectivity index (χ4v) is 4.23. The second-order valence-corrected chi connectivity index (χ2v) is 7.88. The van der Waals surface area contributed by atoms with Crippen LogP contribution in [0.2, 0.25) is 0 Å². The number of piperidine rings is 1. The monoisotopic (exact) mass is 398 g/mol. The number of hydrogen-bond donors (Lipinski definition) is 2. The van der Waals surface area contributed by atoms with Crippen molar-refractivity contribution in [3.63, 3.8) is 0 Å². The van der Waals surface area contributed by atoms with Gasteiger partial charge in [0.05, 0.1) is 13.2 Å². The molecule has 2 aromatic rings. The lowest BCUT2D eigenvalue weighted by Crippen LogP contribution is -2.36. The Morgan fingerprint density at radius 1 is 1.46 bits per heavy atom. The number of aliphatic hydroxyl groups is 1. The normalized spacial score (nSPS) is 16.9. The van der Waals surface area contributed by atoms with Crippen LogP contribution in [0.5, 0.6) is 0 Å². The molecule has 26 heavy (non-hydrogen) atoms. The second kappa shape index (κ2) is 10.1. The molecule has 1 atom stereocenters. The summed E-state index contributed by atoms with van der Waals surface area (Å²) in [6.07, 6.45) is 4.05. The van der Waals surface area contributed by atoms with Crippen LogP contribution in [-0.4, -0.2) is 51.9 Å². The van der Waals surface area contributed by atoms with Crippen LogP contribution in [0, 0.1) is 6.92 Å². The Morgan fingerprint density at radius 3 is 2.96 bits per heavy atom. The van der Waals surface area contributed by atoms with Crippen molar-refractivity contribution in [2.24, 2.45) is 0 Å². The van der Waals surface area contributed by atoms with Gasteiger partial charge in [-0.15, -0.1) is 23.7 Å². The molecule has 0 radical (unpaired) electrons. The average molecular weight is 399 g/mol. The van der Waals surface area contributed by atoms with E-state index < -0.39 is 0 Å². The van der Waals surface area contributed by atoms with Crippen molar-refractivity contribution in [1.29, 1.82) is 0 Å². The maximum Gasteiger partial charge on any atom is 0.244 e. The van der Waals surface area contributed by atoms with E-state index in [0.29, 0.717) is 19.0 Å². The summed E-state index contributed by atoms with van der Waals surface area (Å²) in [6.45, 7) is 5.14. The Balaban J connectivity index is 0.00000243. The Bertz CT molecular complexity index is 697. The zero-order valence-electron chi connectivity index (χ0n) is 15.1. The zero-order chi connectivity index (χ0) is 17.6. The summed E-state index contributed by atoms with van der Waals surface area (Å²) < 4.78 is 1.82. The SMILES string of the molecule is Cc1ccc(CN(CCO)C(=O)Cn2nccc2C2CCCNC2)s1.Cl. The number of hydrogen-bond acceptors (Lipinski definition) is 5. The molecule has 1 unspecified atom stereocenters. The van der Waals surface area contributed by atoms with E-state index in [2.05, 4.69) is 23.4 Å². The molecule has 1 aliphatic heterocycles. The number of aromatic nitrogens is 2. The first-order valence-corrected chi connectivity index (χ1v) is 9.65. The molecule has 2 N–H and O–H groups in total. The quantitative estimate of drug-likeness (QED) is 0.749. The number of rotatable bonds is 7. The topological polar surface area (TPSA) is 70.4 Å². The Hall–Kier alpha value is -1.41. The van der Waals surface area contributed by atoms with Crippen LogP contribution in [0.1, 0.15) is 34.2 Å². The number of nitrogens with zero attached hydrogens (tertiary/aromatic N) is 3. The summed E-state index contributed by atoms with van der Waals surface area (Å²) in [4.78, 5) is 16.9. The standard InChI is InChI=1S/C18H26N4O2S.ClH/c1-14-4-5-16(25-14)12-21(9-10-23)18(24)13-22-17(6-8-20-22)15-3-2-7-19-11-15;/h4-6,8,15,19,23H,2-3,7,9-13H2,1H3;1H. The van der Waals surface area contributed by atoms with Gasteiger partial charge in [0, 0.05) is 40.7 Å². The molecular weight excluding hydrogens is 372 g/mol. The van der Waals surface area contributed by atoms with Gasteiger partial charge in [0.25, 0.3) is 0 Å². The minimum absolute atomic E-state index is 0. The van der Waals surface area contributed by atoms with E-state index in [1.807, 2.05) is 16.8 Å². The molecule has 0 aromatic carbocycles. The predicted octanol–water partition coefficient (Wildman–Crippen LogP) is 2.16. The van der Waals surface area contributed by atoms with Gasteiger partial charge >= 0.3 is 0 Å². The first-order valence-electron chi connectivity index (χ1n) is 8.83. The number of aliphatic hydroxyl groups excluding tert-OH is 1. The minimum atomic E-state index is -0.0331. The molecule has 3 rings (SSSR count). The lowest BCUT2D eigenvalue weighted by Gasteiger charge is -2.25. The highest BCUT2D eigenvalue weighted by molar-refractivity contribution is 7.11. The summed E-state index contributed by atoms with van der Waals surface area (Å²) in [7, 11) is 0. The van der Waals surface area contributed by atoms with Crippen molar-refractivity contribution >= 4 is 29.7 Å². The van der Waals surface area contributed by atoms with Crippen molar-refractivity contribution in [2.45, 2.75) is 38.8 Å². The summed E-state index contributed by atoms with van der Waals surface area (Å²) in [5.41, 5.74) is 1.12. The molecule has 1 aliphatic rings. The predicted molar refractivity (Wildman–Crippen MR) is 106 cm³/mol. The zero-order valence-corrected chi connectivity index (χ0v) is 16.7. The van der Waals surface area contributed by atoms with Gasteiger partial charge in [0.15, 0.2) is 0 Å². The third kappa shape index (κ3) is 5.30. The average Bonchev–Trinajstić information content (AvgIpc) is 3.24. The summed E-state index contributed by atoms with van der Waals surface area (Å²) in [6, 6.07) is 6.12. The van der Waals surface area contributed by atoms with Crippen molar-refractivity contribution in [1.82, 2.24) is 20.0 Å². The molecular formula is C18H27ClN4O2S. The molecule has 3 heterocycles. The van der Waals surface area contributed by atoms with Crippen molar-refractivity contribution < 1.29 is 9.90 Å². The van der Waals surface area contributed by atoms with Gasteiger partial charge in [-0.1, -0.05) is 0 Å². The minimum Gasteiger partial charge on any atom is -0.395 e. The highest BCUT2D eigenvalue weighted by Gasteiger charge is 2.22. The number of halogens is 1. The van der Waals surface area contributed by atoms with Crippen LogP contribution in [0.15, 0.2) is 24.4 Å². The van der Waals surface area contributed by atoms with Crippen LogP contribution < -0.4 is 5.32 Å². The van der Waals surface area contributed by atoms with Gasteiger partial charge in [-0.25, -0.2) is 0 Å². The molecule has 1 fully saturated rings. The van der Waals surface area contributed by atoms with Crippen LogP contribution in [-0.2, 0) is 17.9 Å². The van der Waals surface area contributed by atoms with Crippen LogP contribution in [0.3, 0.4) is 0 Å². The van der Waals surface area contributed by atoms with E-state index in [4.69, 9.17) is 0 Å². The van der Waals surface area contributed by atoms with Crippen molar-refractivity contribution in [3.8, 4) is 0 Å². The first kappa shape index (κ1) is 20.9. The van der Waals surface area contributed by atoms with Crippen molar-refractivity contribution in [3.05, 3.63) is 39.8 Å². The molecule has 8 heteroatoms. The van der Waals surface area contributed by atoms with Gasteiger partial charge in [-0.05, 0) is 44.5 Å². The lowest BCUT2D eigenvalue weighted by atomic mass is 9.96. The fourth-order valence-electron chi connectivity index (χ4n) is 3.33. The second-order valence-electron chi connectivity index (χ2n) is 6.51. The van der Waals surface area contributed by atoms with Crippen molar-refractivity contribution in [2.75, 3.05) is 26.2 Å². The number of amides is 1. The summed E-state index contributed by atoms with van der Waals surface area (Å²) >= 11 is 1.69. The van der Waals surface area contributed by atoms with E-state index in [0.717, 1.165) is 36.5 Å². The van der Waals surface area contributed by atoms with Crippen LogP contribution >= 0.6 is 23.7 Å². The van der Waals surface area contributed by atoms with E-state index in [1.165, 1.54) is 4.88 Å². The van der Waals surface area contributed by atoms with E-state index in [-0.39, 0.29) is 31.5 Å². The van der Waals surface area contributed by atoms with E-state index >= 15 is 0 Å². The summed E-state index contributed by atoms with van der Waals surface area (Å²) in [5.74, 6) is 0.407. The number of carbonyl (C=O) groups is 1. The first-order chi connectivity index (χ1) is 12.2. The third-order valence-electron chi connectivity index (χ3n) is 4.61. The van der Waals surface area contributed by atoms with Crippen LogP contribution in [0.25, 0.3) is 0 Å². The Kier molecular flexibility index (Phi) is 8.09. The molecule has 0 saturated carbocycles. The fraction of sp³-hybridized carbons (Fsp3) is 0.556. The maximum atomic E-state index is 12.8. The van der Waals surface area contributed by atoms with Gasteiger partial charge in [0.2, 0.25) is 5.91 Å². The lowest BCUT2D eigenvalue weighted by molar-refractivity contribution is -0.133. The van der Waals surface area contributed by atoms with Crippen LogP contribution in [0.4, 0.5) is 0 Å². The molecule has 0 spiro atoms. The highest BCUT2D eigenvalue weighted by Crippen LogP contribution is 2.23. The molecule has 0 bridgehead atoms. The maximum absolute atomic E-state index is 12.8. The van der Waals surface area contributed by atoms with Gasteiger partial charge in [-0.2, -0.15) is 5.10 Å².